The Hall–Kier alpha value is -2.95. The van der Waals surface area contributed by atoms with Crippen molar-refractivity contribution in [2.45, 2.75) is 13.3 Å². The van der Waals surface area contributed by atoms with Crippen LogP contribution in [0, 0.1) is 0 Å². The van der Waals surface area contributed by atoms with Crippen molar-refractivity contribution in [1.29, 1.82) is 0 Å². The van der Waals surface area contributed by atoms with Crippen LogP contribution in [0.4, 0.5) is 5.82 Å². The molecule has 0 aliphatic carbocycles. The lowest BCUT2D eigenvalue weighted by Crippen LogP contribution is -2.03. The van der Waals surface area contributed by atoms with Gasteiger partial charge in [0, 0.05) is 18.2 Å². The molecule has 0 aliphatic heterocycles. The van der Waals surface area contributed by atoms with E-state index in [0.29, 0.717) is 0 Å². The highest BCUT2D eigenvalue weighted by atomic mass is 16.4. The Bertz CT molecular complexity index is 724. The monoisotopic (exact) mass is 309 g/mol. The fraction of sp³-hybridized carbons (Fsp3) is 0.167. The first-order valence-electron chi connectivity index (χ1n) is 7.37. The first-order valence-corrected chi connectivity index (χ1v) is 7.37. The molecule has 2 aromatic rings. The predicted molar refractivity (Wildman–Crippen MR) is 92.1 cm³/mol. The molecule has 0 amide bonds. The summed E-state index contributed by atoms with van der Waals surface area (Å²) in [5.41, 5.74) is 2.44. The van der Waals surface area contributed by atoms with E-state index in [1.807, 2.05) is 37.3 Å². The quantitative estimate of drug-likeness (QED) is 0.464. The molecule has 1 heterocycles. The lowest BCUT2D eigenvalue weighted by Gasteiger charge is -2.06. The zero-order valence-corrected chi connectivity index (χ0v) is 12.9. The Balaban J connectivity index is 2.15. The average molecular weight is 309 g/mol. The van der Waals surface area contributed by atoms with Gasteiger partial charge in [0.15, 0.2) is 0 Å². The highest BCUT2D eigenvalue weighted by Crippen LogP contribution is 2.19. The van der Waals surface area contributed by atoms with E-state index in [4.69, 9.17) is 5.11 Å². The molecule has 118 valence electrons. The second-order valence-corrected chi connectivity index (χ2v) is 4.87. The summed E-state index contributed by atoms with van der Waals surface area (Å²) < 4.78 is 0. The number of hydrogen-bond acceptors (Lipinski definition) is 4. The number of aliphatic carboxylic acids is 1. The topological polar surface area (TPSA) is 75.1 Å². The fourth-order valence-electron chi connectivity index (χ4n) is 2.01. The van der Waals surface area contributed by atoms with Crippen molar-refractivity contribution in [2.24, 2.45) is 0 Å². The van der Waals surface area contributed by atoms with Crippen molar-refractivity contribution in [3.05, 3.63) is 60.5 Å². The molecule has 0 radical (unpaired) electrons. The fourth-order valence-corrected chi connectivity index (χ4v) is 2.01. The molecular weight excluding hydrogens is 290 g/mol. The molecule has 0 bridgehead atoms. The second-order valence-electron chi connectivity index (χ2n) is 4.87. The number of carbonyl (C=O) groups is 1. The van der Waals surface area contributed by atoms with E-state index in [0.717, 1.165) is 41.7 Å². The van der Waals surface area contributed by atoms with Gasteiger partial charge in [-0.3, -0.25) is 4.98 Å². The van der Waals surface area contributed by atoms with Crippen molar-refractivity contribution < 1.29 is 9.90 Å². The molecule has 0 atom stereocenters. The number of hydrogen-bond donors (Lipinski definition) is 2. The van der Waals surface area contributed by atoms with Gasteiger partial charge in [0.1, 0.15) is 5.82 Å². The molecule has 0 unspecified atom stereocenters. The maximum Gasteiger partial charge on any atom is 0.328 e. The van der Waals surface area contributed by atoms with Crippen LogP contribution in [-0.2, 0) is 4.79 Å². The second kappa shape index (κ2) is 8.48. The van der Waals surface area contributed by atoms with Crippen LogP contribution in [0.2, 0.25) is 0 Å². The van der Waals surface area contributed by atoms with Gasteiger partial charge >= 0.3 is 5.97 Å². The van der Waals surface area contributed by atoms with E-state index in [1.54, 1.807) is 18.5 Å². The number of nitrogens with zero attached hydrogens (tertiary/aromatic N) is 2. The number of allylic oxidation sites excluding steroid dienone is 1. The van der Waals surface area contributed by atoms with Crippen LogP contribution in [-0.4, -0.2) is 27.6 Å². The van der Waals surface area contributed by atoms with E-state index in [-0.39, 0.29) is 0 Å². The van der Waals surface area contributed by atoms with Gasteiger partial charge in [-0.15, -0.1) is 0 Å². The summed E-state index contributed by atoms with van der Waals surface area (Å²) in [5.74, 6) is -0.249. The van der Waals surface area contributed by atoms with Crippen LogP contribution in [0.1, 0.15) is 18.9 Å². The van der Waals surface area contributed by atoms with Crippen LogP contribution < -0.4 is 5.32 Å². The summed E-state index contributed by atoms with van der Waals surface area (Å²) in [5, 5.41) is 11.9. The number of aromatic nitrogens is 2. The lowest BCUT2D eigenvalue weighted by molar-refractivity contribution is -0.131. The molecule has 2 rings (SSSR count). The highest BCUT2D eigenvalue weighted by molar-refractivity contribution is 5.85. The van der Waals surface area contributed by atoms with E-state index >= 15 is 0 Å². The molecule has 0 spiro atoms. The van der Waals surface area contributed by atoms with Crippen molar-refractivity contribution in [1.82, 2.24) is 9.97 Å². The predicted octanol–water partition coefficient (Wildman–Crippen LogP) is 3.62. The van der Waals surface area contributed by atoms with Gasteiger partial charge in [-0.1, -0.05) is 30.4 Å². The minimum Gasteiger partial charge on any atom is -0.478 e. The van der Waals surface area contributed by atoms with Crippen LogP contribution in [0.3, 0.4) is 0 Å². The standard InChI is InChI=1S/C18H19N3O2/c1-2-3-4-10-20-17-13-19-12-16(21-17)15-7-5-6-14(11-15)8-9-18(22)23/h2-3,5-9,11-13H,4,10H2,1H3,(H,20,21)(H,22,23)/b3-2-,9-8+. The largest absolute Gasteiger partial charge is 0.478 e. The zero-order valence-electron chi connectivity index (χ0n) is 12.9. The molecule has 0 saturated heterocycles. The SMILES string of the molecule is C/C=C\CCNc1cncc(-c2cccc(/C=C/C(=O)O)c2)n1. The number of rotatable bonds is 7. The number of carboxylic acids is 1. The minimum atomic E-state index is -0.970. The summed E-state index contributed by atoms with van der Waals surface area (Å²) >= 11 is 0. The third-order valence-electron chi connectivity index (χ3n) is 3.09. The Morgan fingerprint density at radius 3 is 3.00 bits per heavy atom. The molecule has 5 nitrogen and oxygen atoms in total. The molecule has 1 aromatic carbocycles. The zero-order chi connectivity index (χ0) is 16.5. The molecule has 2 N–H and O–H groups in total. The van der Waals surface area contributed by atoms with Crippen LogP contribution in [0.25, 0.3) is 17.3 Å². The Kier molecular flexibility index (Phi) is 6.06. The Morgan fingerprint density at radius 2 is 2.22 bits per heavy atom. The van der Waals surface area contributed by atoms with E-state index in [9.17, 15) is 4.79 Å². The van der Waals surface area contributed by atoms with Gasteiger partial charge in [0.25, 0.3) is 0 Å². The average Bonchev–Trinajstić information content (AvgIpc) is 2.57. The van der Waals surface area contributed by atoms with Crippen molar-refractivity contribution in [3.8, 4) is 11.3 Å². The first kappa shape index (κ1) is 16.4. The van der Waals surface area contributed by atoms with Crippen LogP contribution in [0.5, 0.6) is 0 Å². The lowest BCUT2D eigenvalue weighted by atomic mass is 10.1. The van der Waals surface area contributed by atoms with Crippen LogP contribution >= 0.6 is 0 Å². The van der Waals surface area contributed by atoms with Gasteiger partial charge in [-0.05, 0) is 31.1 Å². The van der Waals surface area contributed by atoms with Gasteiger partial charge in [-0.25, -0.2) is 9.78 Å². The van der Waals surface area contributed by atoms with E-state index in [2.05, 4.69) is 21.4 Å². The van der Waals surface area contributed by atoms with Gasteiger partial charge < -0.3 is 10.4 Å². The van der Waals surface area contributed by atoms with Crippen molar-refractivity contribution in [2.75, 3.05) is 11.9 Å². The minimum absolute atomic E-state index is 0.721. The molecule has 5 heteroatoms. The van der Waals surface area contributed by atoms with Gasteiger partial charge in [-0.2, -0.15) is 0 Å². The third kappa shape index (κ3) is 5.39. The number of nitrogens with one attached hydrogen (secondary N) is 1. The number of carboxylic acid groups (broad SMARTS) is 1. The molecule has 0 saturated carbocycles. The van der Waals surface area contributed by atoms with E-state index in [1.165, 1.54) is 0 Å². The number of anilines is 1. The smallest absolute Gasteiger partial charge is 0.328 e. The van der Waals surface area contributed by atoms with Crippen molar-refractivity contribution in [3.63, 3.8) is 0 Å². The van der Waals surface area contributed by atoms with Gasteiger partial charge in [0.05, 0.1) is 18.1 Å². The molecule has 23 heavy (non-hydrogen) atoms. The summed E-state index contributed by atoms with van der Waals surface area (Å²) in [7, 11) is 0. The third-order valence-corrected chi connectivity index (χ3v) is 3.09. The molecular formula is C18H19N3O2. The Morgan fingerprint density at radius 1 is 1.35 bits per heavy atom. The molecule has 0 fully saturated rings. The first-order chi connectivity index (χ1) is 11.2. The molecule has 0 aliphatic rings. The van der Waals surface area contributed by atoms with Gasteiger partial charge in [0.2, 0.25) is 0 Å². The Labute approximate surface area is 135 Å². The molecule has 1 aromatic heterocycles. The normalized spacial score (nSPS) is 11.2. The van der Waals surface area contributed by atoms with E-state index < -0.39 is 5.97 Å². The highest BCUT2D eigenvalue weighted by Gasteiger charge is 2.02. The summed E-state index contributed by atoms with van der Waals surface area (Å²) in [6, 6.07) is 7.51. The maximum atomic E-state index is 10.6. The van der Waals surface area contributed by atoms with Crippen LogP contribution in [0.15, 0.2) is 54.9 Å². The maximum absolute atomic E-state index is 10.6. The summed E-state index contributed by atoms with van der Waals surface area (Å²) in [6.45, 7) is 2.79. The summed E-state index contributed by atoms with van der Waals surface area (Å²) in [4.78, 5) is 19.3. The number of benzene rings is 1. The van der Waals surface area contributed by atoms with Crippen molar-refractivity contribution >= 4 is 17.9 Å². The summed E-state index contributed by atoms with van der Waals surface area (Å²) in [6.07, 6.45) is 11.1.